The summed E-state index contributed by atoms with van der Waals surface area (Å²) in [6, 6.07) is 0.419. The van der Waals surface area contributed by atoms with Crippen LogP contribution in [0.15, 0.2) is 6.33 Å². The van der Waals surface area contributed by atoms with E-state index in [1.807, 2.05) is 13.3 Å². The minimum atomic E-state index is 0.200. The van der Waals surface area contributed by atoms with Crippen LogP contribution in [0.2, 0.25) is 0 Å². The van der Waals surface area contributed by atoms with Crippen LogP contribution in [-0.2, 0) is 11.3 Å². The molecule has 2 aliphatic rings. The number of carbonyl (C=O) groups is 1. The molecule has 1 aromatic rings. The summed E-state index contributed by atoms with van der Waals surface area (Å²) in [4.78, 5) is 16.5. The molecule has 0 radical (unpaired) electrons. The van der Waals surface area contributed by atoms with Crippen LogP contribution in [-0.4, -0.2) is 34.6 Å². The molecular weight excluding hydrogens is 240 g/mol. The molecule has 2 bridgehead atoms. The van der Waals surface area contributed by atoms with Crippen LogP contribution < -0.4 is 10.6 Å². The van der Waals surface area contributed by atoms with Gasteiger partial charge in [0.1, 0.15) is 0 Å². The first-order valence-corrected chi connectivity index (χ1v) is 7.16. The molecule has 0 unspecified atom stereocenters. The van der Waals surface area contributed by atoms with Crippen molar-refractivity contribution in [2.75, 3.05) is 13.1 Å². The van der Waals surface area contributed by atoms with Crippen molar-refractivity contribution in [2.45, 2.75) is 39.3 Å². The molecule has 0 spiro atoms. The molecule has 0 aromatic carbocycles. The number of rotatable bonds is 4. The minimum absolute atomic E-state index is 0.200. The smallest absolute Gasteiger partial charge is 0.225 e. The molecule has 1 saturated carbocycles. The fourth-order valence-corrected chi connectivity index (χ4v) is 3.43. The molecule has 5 heteroatoms. The van der Waals surface area contributed by atoms with Gasteiger partial charge in [0.15, 0.2) is 0 Å². The van der Waals surface area contributed by atoms with E-state index in [0.717, 1.165) is 25.2 Å². The second-order valence-corrected chi connectivity index (χ2v) is 5.78. The molecule has 2 fully saturated rings. The summed E-state index contributed by atoms with van der Waals surface area (Å²) in [6.07, 6.45) is 4.20. The number of piperidine rings is 1. The summed E-state index contributed by atoms with van der Waals surface area (Å²) in [5.74, 6) is 0.986. The topological polar surface area (TPSA) is 59.0 Å². The van der Waals surface area contributed by atoms with Gasteiger partial charge in [-0.15, -0.1) is 0 Å². The zero-order chi connectivity index (χ0) is 13.4. The van der Waals surface area contributed by atoms with Gasteiger partial charge in [-0.25, -0.2) is 4.98 Å². The SMILES string of the molecule is Cc1ncn(CCNC(=O)[C@@H]2[C@H]3CC[C@@H]2NC3)c1C. The van der Waals surface area contributed by atoms with E-state index in [-0.39, 0.29) is 11.8 Å². The number of nitrogens with zero attached hydrogens (tertiary/aromatic N) is 2. The number of hydrogen-bond donors (Lipinski definition) is 2. The summed E-state index contributed by atoms with van der Waals surface area (Å²) < 4.78 is 2.09. The highest BCUT2D eigenvalue weighted by Gasteiger charge is 2.45. The average molecular weight is 262 g/mol. The van der Waals surface area contributed by atoms with E-state index in [9.17, 15) is 4.79 Å². The van der Waals surface area contributed by atoms with E-state index in [1.54, 1.807) is 0 Å². The quantitative estimate of drug-likeness (QED) is 0.836. The Bertz CT molecular complexity index is 462. The Balaban J connectivity index is 1.50. The van der Waals surface area contributed by atoms with Gasteiger partial charge in [0.05, 0.1) is 17.9 Å². The highest BCUT2D eigenvalue weighted by Crippen LogP contribution is 2.36. The Morgan fingerprint density at radius 3 is 2.89 bits per heavy atom. The van der Waals surface area contributed by atoms with Crippen LogP contribution in [0.25, 0.3) is 0 Å². The van der Waals surface area contributed by atoms with E-state index in [1.165, 1.54) is 12.1 Å². The van der Waals surface area contributed by atoms with Crippen LogP contribution in [0.1, 0.15) is 24.2 Å². The minimum Gasteiger partial charge on any atom is -0.354 e. The van der Waals surface area contributed by atoms with E-state index in [0.29, 0.717) is 18.5 Å². The molecule has 19 heavy (non-hydrogen) atoms. The third-order valence-electron chi connectivity index (χ3n) is 4.73. The van der Waals surface area contributed by atoms with Crippen molar-refractivity contribution in [1.29, 1.82) is 0 Å². The van der Waals surface area contributed by atoms with E-state index < -0.39 is 0 Å². The standard InChI is InChI=1S/C14H22N4O/c1-9-10(2)18(8-17-9)6-5-15-14(19)13-11-3-4-12(13)16-7-11/h8,11-13,16H,3-7H2,1-2H3,(H,15,19)/t11-,12-,13+/m0/s1. The average Bonchev–Trinajstić information content (AvgIpc) is 3.08. The van der Waals surface area contributed by atoms with Crippen molar-refractivity contribution in [2.24, 2.45) is 11.8 Å². The number of imidazole rings is 1. The first-order valence-electron chi connectivity index (χ1n) is 7.16. The van der Waals surface area contributed by atoms with Gasteiger partial charge in [-0.3, -0.25) is 4.79 Å². The van der Waals surface area contributed by atoms with E-state index in [4.69, 9.17) is 0 Å². The first-order chi connectivity index (χ1) is 9.16. The van der Waals surface area contributed by atoms with Crippen molar-refractivity contribution >= 4 is 5.91 Å². The Labute approximate surface area is 113 Å². The van der Waals surface area contributed by atoms with Crippen LogP contribution >= 0.6 is 0 Å². The number of fused-ring (bicyclic) bond motifs is 2. The number of aryl methyl sites for hydroxylation is 1. The van der Waals surface area contributed by atoms with Gasteiger partial charge >= 0.3 is 0 Å². The lowest BCUT2D eigenvalue weighted by Gasteiger charge is -2.15. The summed E-state index contributed by atoms with van der Waals surface area (Å²) in [7, 11) is 0. The van der Waals surface area contributed by atoms with Crippen molar-refractivity contribution in [3.8, 4) is 0 Å². The number of amides is 1. The molecule has 3 atom stereocenters. The third-order valence-corrected chi connectivity index (χ3v) is 4.73. The normalized spacial score (nSPS) is 28.8. The second-order valence-electron chi connectivity index (χ2n) is 5.78. The predicted octanol–water partition coefficient (Wildman–Crippen LogP) is 0.614. The lowest BCUT2D eigenvalue weighted by atomic mass is 9.97. The van der Waals surface area contributed by atoms with Gasteiger partial charge in [0.2, 0.25) is 5.91 Å². The summed E-state index contributed by atoms with van der Waals surface area (Å²) in [5.41, 5.74) is 2.24. The number of aromatic nitrogens is 2. The van der Waals surface area contributed by atoms with Crippen molar-refractivity contribution in [3.05, 3.63) is 17.7 Å². The second kappa shape index (κ2) is 4.96. The van der Waals surface area contributed by atoms with Gasteiger partial charge in [-0.1, -0.05) is 0 Å². The lowest BCUT2D eigenvalue weighted by Crippen LogP contribution is -2.38. The maximum atomic E-state index is 12.2. The molecule has 1 aromatic heterocycles. The molecule has 1 amide bonds. The van der Waals surface area contributed by atoms with Gasteiger partial charge in [0, 0.05) is 24.8 Å². The fourth-order valence-electron chi connectivity index (χ4n) is 3.43. The molecular formula is C14H22N4O. The Kier molecular flexibility index (Phi) is 3.31. The summed E-state index contributed by atoms with van der Waals surface area (Å²) in [6.45, 7) is 6.57. The highest BCUT2D eigenvalue weighted by atomic mass is 16.2. The molecule has 2 heterocycles. The fraction of sp³-hybridized carbons (Fsp3) is 0.714. The molecule has 2 N–H and O–H groups in total. The van der Waals surface area contributed by atoms with Crippen LogP contribution in [0, 0.1) is 25.7 Å². The first kappa shape index (κ1) is 12.7. The van der Waals surface area contributed by atoms with Gasteiger partial charge in [-0.05, 0) is 39.2 Å². The Hall–Kier alpha value is -1.36. The largest absolute Gasteiger partial charge is 0.354 e. The third kappa shape index (κ3) is 2.27. The molecule has 1 aliphatic carbocycles. The molecule has 3 rings (SSSR count). The zero-order valence-electron chi connectivity index (χ0n) is 11.6. The Morgan fingerprint density at radius 1 is 1.53 bits per heavy atom. The van der Waals surface area contributed by atoms with E-state index in [2.05, 4.69) is 27.1 Å². The predicted molar refractivity (Wildman–Crippen MR) is 72.7 cm³/mol. The molecule has 5 nitrogen and oxygen atoms in total. The number of carbonyl (C=O) groups excluding carboxylic acids is 1. The Morgan fingerprint density at radius 2 is 2.37 bits per heavy atom. The highest BCUT2D eigenvalue weighted by molar-refractivity contribution is 5.80. The van der Waals surface area contributed by atoms with Gasteiger partial charge in [-0.2, -0.15) is 0 Å². The van der Waals surface area contributed by atoms with Crippen LogP contribution in [0.3, 0.4) is 0 Å². The van der Waals surface area contributed by atoms with Gasteiger partial charge in [0.25, 0.3) is 0 Å². The van der Waals surface area contributed by atoms with Crippen LogP contribution in [0.5, 0.6) is 0 Å². The van der Waals surface area contributed by atoms with Crippen molar-refractivity contribution in [3.63, 3.8) is 0 Å². The lowest BCUT2D eigenvalue weighted by molar-refractivity contribution is -0.125. The molecule has 1 saturated heterocycles. The maximum absolute atomic E-state index is 12.2. The van der Waals surface area contributed by atoms with Crippen molar-refractivity contribution in [1.82, 2.24) is 20.2 Å². The number of nitrogens with one attached hydrogen (secondary N) is 2. The van der Waals surface area contributed by atoms with Gasteiger partial charge < -0.3 is 15.2 Å². The molecule has 104 valence electrons. The zero-order valence-corrected chi connectivity index (χ0v) is 11.6. The van der Waals surface area contributed by atoms with E-state index >= 15 is 0 Å². The molecule has 1 aliphatic heterocycles. The number of hydrogen-bond acceptors (Lipinski definition) is 3. The van der Waals surface area contributed by atoms with Crippen molar-refractivity contribution < 1.29 is 4.79 Å². The maximum Gasteiger partial charge on any atom is 0.225 e. The monoisotopic (exact) mass is 262 g/mol. The summed E-state index contributed by atoms with van der Waals surface area (Å²) in [5, 5.41) is 6.51. The summed E-state index contributed by atoms with van der Waals surface area (Å²) >= 11 is 0. The van der Waals surface area contributed by atoms with Crippen LogP contribution in [0.4, 0.5) is 0 Å².